The van der Waals surface area contributed by atoms with Crippen molar-refractivity contribution < 1.29 is 19.1 Å². The molecule has 0 radical (unpaired) electrons. The number of likely N-dealkylation sites (tertiary alicyclic amines) is 1. The fourth-order valence-electron chi connectivity index (χ4n) is 5.50. The number of nitrogens with one attached hydrogen (secondary N) is 3. The van der Waals surface area contributed by atoms with E-state index in [4.69, 9.17) is 14.5 Å². The van der Waals surface area contributed by atoms with Crippen molar-refractivity contribution in [3.05, 3.63) is 90.0 Å². The Morgan fingerprint density at radius 3 is 2.72 bits per heavy atom. The fraction of sp³-hybridized carbons (Fsp3) is 0.344. The number of fused-ring (bicyclic) bond motifs is 1. The molecule has 2 atom stereocenters. The standard InChI is InChI=1S/C32H35N7O4/c1-31(2,3)43-30(41)39-17-14-32(20-39,29-35-27(37-38-29)21-11-15-33-16-12-21)36-23-8-6-7-22(19-23)28(40)34-25-13-18-42-26-10-5-4-9-24(25)26/h4-12,15-16,19,25,36H,13-14,17-18,20H2,1-3H3,(H,34,40)(H,35,37,38)/t25-,32?/m0/s1. The normalized spacial score (nSPS) is 19.7. The summed E-state index contributed by atoms with van der Waals surface area (Å²) < 4.78 is 11.4. The van der Waals surface area contributed by atoms with E-state index in [2.05, 4.69) is 25.8 Å². The number of benzene rings is 2. The molecular formula is C32H35N7O4. The molecule has 0 aliphatic carbocycles. The Labute approximate surface area is 250 Å². The zero-order valence-corrected chi connectivity index (χ0v) is 24.5. The summed E-state index contributed by atoms with van der Waals surface area (Å²) in [5, 5.41) is 14.3. The van der Waals surface area contributed by atoms with Crippen molar-refractivity contribution in [3.63, 3.8) is 0 Å². The second-order valence-corrected chi connectivity index (χ2v) is 11.9. The number of para-hydroxylation sites is 1. The van der Waals surface area contributed by atoms with Crippen LogP contribution in [0.5, 0.6) is 5.75 Å². The number of carbonyl (C=O) groups is 2. The average Bonchev–Trinajstić information content (AvgIpc) is 3.66. The van der Waals surface area contributed by atoms with Crippen LogP contribution in [0.3, 0.4) is 0 Å². The number of pyridine rings is 1. The second kappa shape index (κ2) is 11.4. The van der Waals surface area contributed by atoms with E-state index in [1.165, 1.54) is 0 Å². The van der Waals surface area contributed by atoms with Gasteiger partial charge in [-0.1, -0.05) is 24.3 Å². The van der Waals surface area contributed by atoms with Crippen LogP contribution in [0.2, 0.25) is 0 Å². The third-order valence-corrected chi connectivity index (χ3v) is 7.57. The zero-order valence-electron chi connectivity index (χ0n) is 24.5. The molecule has 11 heteroatoms. The summed E-state index contributed by atoms with van der Waals surface area (Å²) in [7, 11) is 0. The van der Waals surface area contributed by atoms with Gasteiger partial charge in [0.05, 0.1) is 19.2 Å². The summed E-state index contributed by atoms with van der Waals surface area (Å²) in [6.07, 6.45) is 4.22. The average molecular weight is 582 g/mol. The van der Waals surface area contributed by atoms with E-state index in [0.29, 0.717) is 55.4 Å². The number of H-pyrrole nitrogens is 1. The first kappa shape index (κ1) is 28.2. The van der Waals surface area contributed by atoms with Crippen LogP contribution >= 0.6 is 0 Å². The lowest BCUT2D eigenvalue weighted by Gasteiger charge is -2.30. The molecule has 0 saturated carbocycles. The molecule has 1 saturated heterocycles. The number of anilines is 1. The van der Waals surface area contributed by atoms with Gasteiger partial charge in [0.2, 0.25) is 0 Å². The summed E-state index contributed by atoms with van der Waals surface area (Å²) in [5.74, 6) is 1.73. The SMILES string of the molecule is CC(C)(C)OC(=O)N1CCC(Nc2cccc(C(=O)N[C@H]3CCOc4ccccc43)c2)(c2nc(-c3ccncc3)n[nH]2)C1. The van der Waals surface area contributed by atoms with Gasteiger partial charge in [-0.3, -0.25) is 14.9 Å². The highest BCUT2D eigenvalue weighted by molar-refractivity contribution is 5.95. The molecule has 11 nitrogen and oxygen atoms in total. The Kier molecular flexibility index (Phi) is 7.47. The maximum Gasteiger partial charge on any atom is 0.410 e. The van der Waals surface area contributed by atoms with Crippen molar-refractivity contribution >= 4 is 17.7 Å². The number of aromatic nitrogens is 4. The van der Waals surface area contributed by atoms with Crippen molar-refractivity contribution in [2.24, 2.45) is 0 Å². The summed E-state index contributed by atoms with van der Waals surface area (Å²) in [6, 6.07) is 18.7. The van der Waals surface area contributed by atoms with Crippen LogP contribution in [-0.2, 0) is 10.3 Å². The molecule has 222 valence electrons. The van der Waals surface area contributed by atoms with Crippen molar-refractivity contribution in [1.29, 1.82) is 0 Å². The topological polar surface area (TPSA) is 134 Å². The third kappa shape index (κ3) is 6.15. The van der Waals surface area contributed by atoms with Gasteiger partial charge in [0.1, 0.15) is 16.9 Å². The molecule has 0 spiro atoms. The molecule has 6 rings (SSSR count). The summed E-state index contributed by atoms with van der Waals surface area (Å²) in [5.41, 5.74) is 1.60. The summed E-state index contributed by atoms with van der Waals surface area (Å²) in [4.78, 5) is 37.0. The molecule has 3 N–H and O–H groups in total. The van der Waals surface area contributed by atoms with Crippen LogP contribution in [-0.4, -0.2) is 62.4 Å². The first-order valence-electron chi connectivity index (χ1n) is 14.4. The van der Waals surface area contributed by atoms with E-state index < -0.39 is 17.2 Å². The van der Waals surface area contributed by atoms with Crippen LogP contribution in [0.4, 0.5) is 10.5 Å². The molecule has 2 amide bonds. The smallest absolute Gasteiger partial charge is 0.410 e. The lowest BCUT2D eigenvalue weighted by Crippen LogP contribution is -2.42. The Morgan fingerprint density at radius 2 is 1.91 bits per heavy atom. The molecule has 0 bridgehead atoms. The molecule has 2 aromatic carbocycles. The first-order chi connectivity index (χ1) is 20.7. The Hall–Kier alpha value is -4.93. The molecule has 2 aliphatic heterocycles. The predicted octanol–water partition coefficient (Wildman–Crippen LogP) is 5.07. The van der Waals surface area contributed by atoms with E-state index in [-0.39, 0.29) is 11.9 Å². The highest BCUT2D eigenvalue weighted by atomic mass is 16.6. The van der Waals surface area contributed by atoms with Gasteiger partial charge in [-0.2, -0.15) is 5.10 Å². The number of aromatic amines is 1. The largest absolute Gasteiger partial charge is 0.493 e. The zero-order chi connectivity index (χ0) is 30.0. The number of rotatable bonds is 6. The lowest BCUT2D eigenvalue weighted by atomic mass is 9.96. The predicted molar refractivity (Wildman–Crippen MR) is 161 cm³/mol. The van der Waals surface area contributed by atoms with E-state index >= 15 is 0 Å². The van der Waals surface area contributed by atoms with Gasteiger partial charge in [-0.15, -0.1) is 0 Å². The van der Waals surface area contributed by atoms with Gasteiger partial charge >= 0.3 is 6.09 Å². The van der Waals surface area contributed by atoms with Crippen molar-refractivity contribution in [3.8, 4) is 17.1 Å². The maximum atomic E-state index is 13.4. The summed E-state index contributed by atoms with van der Waals surface area (Å²) in [6.45, 7) is 6.83. The van der Waals surface area contributed by atoms with Crippen molar-refractivity contribution in [2.75, 3.05) is 25.0 Å². The Bertz CT molecular complexity index is 1620. The number of carbonyl (C=O) groups excluding carboxylic acids is 2. The minimum Gasteiger partial charge on any atom is -0.493 e. The van der Waals surface area contributed by atoms with Crippen LogP contribution in [0.1, 0.15) is 61.4 Å². The molecule has 4 aromatic rings. The second-order valence-electron chi connectivity index (χ2n) is 11.9. The molecule has 1 fully saturated rings. The molecule has 43 heavy (non-hydrogen) atoms. The van der Waals surface area contributed by atoms with Crippen LogP contribution < -0.4 is 15.4 Å². The minimum atomic E-state index is -0.802. The highest BCUT2D eigenvalue weighted by Crippen LogP contribution is 2.36. The Morgan fingerprint density at radius 1 is 1.09 bits per heavy atom. The Balaban J connectivity index is 1.26. The molecule has 2 aromatic heterocycles. The monoisotopic (exact) mass is 581 g/mol. The van der Waals surface area contributed by atoms with Crippen LogP contribution in [0, 0.1) is 0 Å². The molecule has 4 heterocycles. The van der Waals surface area contributed by atoms with E-state index in [0.717, 1.165) is 16.9 Å². The number of ether oxygens (including phenoxy) is 2. The van der Waals surface area contributed by atoms with Gasteiger partial charge < -0.3 is 25.0 Å². The van der Waals surface area contributed by atoms with Crippen molar-refractivity contribution in [1.82, 2.24) is 30.4 Å². The van der Waals surface area contributed by atoms with Gasteiger partial charge in [-0.05, 0) is 63.6 Å². The van der Waals surface area contributed by atoms with Crippen molar-refractivity contribution in [2.45, 2.75) is 50.8 Å². The third-order valence-electron chi connectivity index (χ3n) is 7.57. The number of hydrogen-bond donors (Lipinski definition) is 3. The number of hydrogen-bond acceptors (Lipinski definition) is 8. The minimum absolute atomic E-state index is 0.140. The molecular weight excluding hydrogens is 546 g/mol. The van der Waals surface area contributed by atoms with E-state index in [1.54, 1.807) is 23.4 Å². The number of nitrogens with zero attached hydrogens (tertiary/aromatic N) is 4. The van der Waals surface area contributed by atoms with Gasteiger partial charge in [0.25, 0.3) is 5.91 Å². The maximum absolute atomic E-state index is 13.4. The van der Waals surface area contributed by atoms with E-state index in [9.17, 15) is 9.59 Å². The number of amides is 2. The van der Waals surface area contributed by atoms with E-state index in [1.807, 2.05) is 75.4 Å². The van der Waals surface area contributed by atoms with Gasteiger partial charge in [0, 0.05) is 47.7 Å². The summed E-state index contributed by atoms with van der Waals surface area (Å²) >= 11 is 0. The molecule has 2 aliphatic rings. The quantitative estimate of drug-likeness (QED) is 0.287. The first-order valence-corrected chi connectivity index (χ1v) is 14.4. The van der Waals surface area contributed by atoms with Crippen LogP contribution in [0.15, 0.2) is 73.1 Å². The fourth-order valence-corrected chi connectivity index (χ4v) is 5.50. The van der Waals surface area contributed by atoms with Gasteiger partial charge in [-0.25, -0.2) is 9.78 Å². The van der Waals surface area contributed by atoms with Gasteiger partial charge in [0.15, 0.2) is 11.6 Å². The van der Waals surface area contributed by atoms with Crippen LogP contribution in [0.25, 0.3) is 11.4 Å². The molecule has 1 unspecified atom stereocenters. The highest BCUT2D eigenvalue weighted by Gasteiger charge is 2.45. The lowest BCUT2D eigenvalue weighted by molar-refractivity contribution is 0.0285.